The lowest BCUT2D eigenvalue weighted by Crippen LogP contribution is -1.97. The van der Waals surface area contributed by atoms with E-state index in [1.54, 1.807) is 6.08 Å². The summed E-state index contributed by atoms with van der Waals surface area (Å²) < 4.78 is 0. The molecule has 0 fully saturated rings. The largest absolute Gasteiger partial charge is 0.478 e. The molecule has 0 saturated heterocycles. The lowest BCUT2D eigenvalue weighted by Gasteiger charge is -1.93. The molecule has 2 nitrogen and oxygen atoms in total. The van der Waals surface area contributed by atoms with Crippen molar-refractivity contribution >= 4 is 5.97 Å². The van der Waals surface area contributed by atoms with Crippen molar-refractivity contribution in [2.24, 2.45) is 0 Å². The predicted octanol–water partition coefficient (Wildman–Crippen LogP) is 6.55. The molecule has 0 atom stereocenters. The Morgan fingerprint density at radius 1 is 0.750 bits per heavy atom. The minimum Gasteiger partial charge on any atom is -0.478 e. The van der Waals surface area contributed by atoms with Crippen molar-refractivity contribution in [2.75, 3.05) is 0 Å². The first-order chi connectivity index (χ1) is 11.7. The molecule has 0 saturated carbocycles. The number of carboxylic acids is 1. The predicted molar refractivity (Wildman–Crippen MR) is 105 cm³/mol. The van der Waals surface area contributed by atoms with Crippen molar-refractivity contribution in [2.45, 2.75) is 58.8 Å². The minimum atomic E-state index is -0.832. The Bertz CT molecular complexity index is 488. The first-order valence-electron chi connectivity index (χ1n) is 8.91. The molecule has 0 aromatic rings. The summed E-state index contributed by atoms with van der Waals surface area (Å²) in [5, 5.41) is 8.87. The first kappa shape index (κ1) is 21.9. The fraction of sp³-hybridized carbons (Fsp3) is 0.409. The highest BCUT2D eigenvalue weighted by Crippen LogP contribution is 2.02. The number of carbonyl (C=O) groups is 1. The topological polar surface area (TPSA) is 37.3 Å². The van der Waals surface area contributed by atoms with Crippen LogP contribution in [0.3, 0.4) is 0 Å². The molecule has 0 aliphatic rings. The van der Waals surface area contributed by atoms with Crippen molar-refractivity contribution in [3.05, 3.63) is 72.4 Å². The Morgan fingerprint density at radius 2 is 1.25 bits per heavy atom. The van der Waals surface area contributed by atoms with E-state index in [0.29, 0.717) is 12.0 Å². The molecule has 2 heteroatoms. The number of aliphatic carboxylic acids is 1. The molecule has 0 aromatic heterocycles. The van der Waals surface area contributed by atoms with Crippen LogP contribution in [0.1, 0.15) is 58.8 Å². The summed E-state index contributed by atoms with van der Waals surface area (Å²) in [4.78, 5) is 10.8. The zero-order valence-corrected chi connectivity index (χ0v) is 15.2. The second-order valence-corrected chi connectivity index (χ2v) is 5.36. The van der Waals surface area contributed by atoms with Gasteiger partial charge in [-0.15, -0.1) is 0 Å². The Kier molecular flexibility index (Phi) is 15.8. The van der Waals surface area contributed by atoms with Crippen LogP contribution in [-0.2, 0) is 4.79 Å². The average molecular weight is 328 g/mol. The monoisotopic (exact) mass is 328 g/mol. The van der Waals surface area contributed by atoms with Crippen molar-refractivity contribution in [3.63, 3.8) is 0 Å². The van der Waals surface area contributed by atoms with Crippen molar-refractivity contribution < 1.29 is 9.90 Å². The van der Waals surface area contributed by atoms with Gasteiger partial charge in [0.25, 0.3) is 0 Å². The minimum absolute atomic E-state index is 0.447. The van der Waals surface area contributed by atoms with Gasteiger partial charge in [0, 0.05) is 5.57 Å². The van der Waals surface area contributed by atoms with Gasteiger partial charge in [0.05, 0.1) is 0 Å². The fourth-order valence-electron chi connectivity index (χ4n) is 1.91. The zero-order valence-electron chi connectivity index (χ0n) is 15.2. The molecule has 132 valence electrons. The summed E-state index contributed by atoms with van der Waals surface area (Å²) in [6.45, 7) is 3.99. The second kappa shape index (κ2) is 17.3. The summed E-state index contributed by atoms with van der Waals surface area (Å²) in [5.41, 5.74) is 0.447. The second-order valence-electron chi connectivity index (χ2n) is 5.36. The first-order valence-corrected chi connectivity index (χ1v) is 8.91. The van der Waals surface area contributed by atoms with E-state index < -0.39 is 5.97 Å². The lowest BCUT2D eigenvalue weighted by molar-refractivity contribution is -0.132. The van der Waals surface area contributed by atoms with Gasteiger partial charge in [-0.25, -0.2) is 4.79 Å². The van der Waals surface area contributed by atoms with Crippen LogP contribution in [0.25, 0.3) is 0 Å². The molecule has 0 unspecified atom stereocenters. The third-order valence-electron chi connectivity index (χ3n) is 3.31. The smallest absolute Gasteiger partial charge is 0.331 e. The summed E-state index contributed by atoms with van der Waals surface area (Å²) in [5.74, 6) is -0.832. The van der Waals surface area contributed by atoms with E-state index in [1.807, 2.05) is 19.1 Å². The van der Waals surface area contributed by atoms with Crippen LogP contribution in [0.15, 0.2) is 72.4 Å². The van der Waals surface area contributed by atoms with Crippen LogP contribution in [0.4, 0.5) is 0 Å². The molecule has 0 rings (SSSR count). The fourth-order valence-corrected chi connectivity index (χ4v) is 1.91. The summed E-state index contributed by atoms with van der Waals surface area (Å²) in [7, 11) is 0. The van der Waals surface area contributed by atoms with Gasteiger partial charge in [-0.2, -0.15) is 0 Å². The quantitative estimate of drug-likeness (QED) is 0.180. The van der Waals surface area contributed by atoms with Crippen LogP contribution in [0.5, 0.6) is 0 Å². The van der Waals surface area contributed by atoms with Gasteiger partial charge in [0.1, 0.15) is 0 Å². The number of allylic oxidation sites excluding steroid dienone is 11. The van der Waals surface area contributed by atoms with E-state index in [4.69, 9.17) is 5.11 Å². The van der Waals surface area contributed by atoms with Crippen LogP contribution >= 0.6 is 0 Å². The highest BCUT2D eigenvalue weighted by Gasteiger charge is 2.00. The summed E-state index contributed by atoms with van der Waals surface area (Å²) >= 11 is 0. The molecule has 24 heavy (non-hydrogen) atoms. The van der Waals surface area contributed by atoms with Gasteiger partial charge in [0.2, 0.25) is 0 Å². The molecule has 0 spiro atoms. The summed E-state index contributed by atoms with van der Waals surface area (Å²) in [6, 6.07) is 0. The maximum absolute atomic E-state index is 10.8. The summed E-state index contributed by atoms with van der Waals surface area (Å²) in [6.07, 6.45) is 29.6. The number of unbranched alkanes of at least 4 members (excludes halogenated alkanes) is 1. The molecule has 0 aromatic carbocycles. The third-order valence-corrected chi connectivity index (χ3v) is 3.31. The van der Waals surface area contributed by atoms with Gasteiger partial charge in [-0.05, 0) is 44.9 Å². The Hall–Kier alpha value is -2.09. The van der Waals surface area contributed by atoms with Gasteiger partial charge in [0.15, 0.2) is 0 Å². The van der Waals surface area contributed by atoms with Gasteiger partial charge in [-0.3, -0.25) is 0 Å². The normalized spacial score (nSPS) is 13.5. The van der Waals surface area contributed by atoms with E-state index in [9.17, 15) is 4.79 Å². The Labute approximate surface area is 147 Å². The number of rotatable bonds is 13. The average Bonchev–Trinajstić information content (AvgIpc) is 2.57. The van der Waals surface area contributed by atoms with Gasteiger partial charge >= 0.3 is 5.97 Å². The number of hydrogen-bond acceptors (Lipinski definition) is 1. The van der Waals surface area contributed by atoms with Crippen LogP contribution in [0.2, 0.25) is 0 Å². The highest BCUT2D eigenvalue weighted by atomic mass is 16.4. The molecule has 0 aliphatic carbocycles. The molecule has 0 aliphatic heterocycles. The number of hydrogen-bond donors (Lipinski definition) is 1. The van der Waals surface area contributed by atoms with Crippen LogP contribution in [-0.4, -0.2) is 11.1 Å². The van der Waals surface area contributed by atoms with E-state index in [0.717, 1.165) is 38.5 Å². The van der Waals surface area contributed by atoms with E-state index in [2.05, 4.69) is 55.5 Å². The zero-order chi connectivity index (χ0) is 17.9. The molecular formula is C22H32O2. The van der Waals surface area contributed by atoms with Crippen LogP contribution < -0.4 is 0 Å². The Balaban J connectivity index is 3.71. The molecule has 0 amide bonds. The van der Waals surface area contributed by atoms with E-state index in [-0.39, 0.29) is 0 Å². The van der Waals surface area contributed by atoms with Gasteiger partial charge < -0.3 is 5.11 Å². The Morgan fingerprint density at radius 3 is 1.75 bits per heavy atom. The lowest BCUT2D eigenvalue weighted by atomic mass is 10.2. The third kappa shape index (κ3) is 14.8. The SMILES string of the molecule is CC/C=C/C/C=C/C/C=C/C/C=C/CC/C=C/C=C(\CC)C(=O)O. The van der Waals surface area contributed by atoms with E-state index in [1.165, 1.54) is 0 Å². The highest BCUT2D eigenvalue weighted by molar-refractivity contribution is 5.86. The molecular weight excluding hydrogens is 296 g/mol. The van der Waals surface area contributed by atoms with Crippen molar-refractivity contribution in [1.82, 2.24) is 0 Å². The van der Waals surface area contributed by atoms with Crippen LogP contribution in [0, 0.1) is 0 Å². The molecule has 0 bridgehead atoms. The van der Waals surface area contributed by atoms with Gasteiger partial charge in [-0.1, -0.05) is 80.7 Å². The number of carboxylic acid groups (broad SMARTS) is 1. The van der Waals surface area contributed by atoms with E-state index >= 15 is 0 Å². The maximum atomic E-state index is 10.8. The molecule has 1 N–H and O–H groups in total. The van der Waals surface area contributed by atoms with Crippen molar-refractivity contribution in [1.29, 1.82) is 0 Å². The standard InChI is InChI=1S/C22H32O2/c1-3-5-6-7-8-9-10-11-12-13-14-15-16-17-18-19-20-21(4-2)22(23)24/h5-6,8-9,11-12,14-15,18-20H,3-4,7,10,13,16-17H2,1-2H3,(H,23,24)/b6-5+,9-8+,12-11+,15-14+,19-18+,21-20+. The van der Waals surface area contributed by atoms with Crippen molar-refractivity contribution in [3.8, 4) is 0 Å². The molecule has 0 radical (unpaired) electrons. The maximum Gasteiger partial charge on any atom is 0.331 e. The molecule has 0 heterocycles.